The Morgan fingerprint density at radius 3 is 2.55 bits per heavy atom. The van der Waals surface area contributed by atoms with Gasteiger partial charge >= 0.3 is 5.97 Å². The summed E-state index contributed by atoms with van der Waals surface area (Å²) in [5.74, 6) is -1.02. The van der Waals surface area contributed by atoms with Crippen LogP contribution >= 0.6 is 11.8 Å². The van der Waals surface area contributed by atoms with Gasteiger partial charge in [-0.15, -0.1) is 0 Å². The van der Waals surface area contributed by atoms with Crippen LogP contribution in [0.1, 0.15) is 42.2 Å². The number of furan rings is 1. The molecule has 3 aromatic rings. The Labute approximate surface area is 226 Å². The molecule has 8 heteroatoms. The molecule has 1 amide bonds. The maximum atomic E-state index is 13.3. The fourth-order valence-electron chi connectivity index (χ4n) is 4.41. The molecule has 2 heterocycles. The van der Waals surface area contributed by atoms with Gasteiger partial charge in [0, 0.05) is 5.69 Å². The van der Waals surface area contributed by atoms with Crippen LogP contribution in [-0.4, -0.2) is 24.2 Å². The largest absolute Gasteiger partial charge is 0.468 e. The molecular formula is C30H29N3O4S. The summed E-state index contributed by atoms with van der Waals surface area (Å²) in [5.41, 5.74) is 4.69. The Kier molecular flexibility index (Phi) is 8.72. The highest BCUT2D eigenvalue weighted by molar-refractivity contribution is 8.03. The number of para-hydroxylation sites is 1. The lowest BCUT2D eigenvalue weighted by atomic mass is 9.84. The summed E-state index contributed by atoms with van der Waals surface area (Å²) in [5, 5.41) is 17.0. The van der Waals surface area contributed by atoms with Gasteiger partial charge in [-0.2, -0.15) is 5.26 Å². The molecule has 1 atom stereocenters. The van der Waals surface area contributed by atoms with Crippen LogP contribution in [0.4, 0.5) is 5.69 Å². The Balaban J connectivity index is 1.71. The standard InChI is InChI=1S/C30H29N3O4S/c1-4-20-14-9-11-19(3)27(20)32-24(34)18-38-29-22(17-31)25(23-15-10-16-37-23)26(30(35)36-5-2)28(33-29)21-12-7-6-8-13-21/h6-16,25,33H,4-5,18H2,1-3H3,(H,32,34). The first-order valence-electron chi connectivity index (χ1n) is 12.4. The Bertz CT molecular complexity index is 1420. The number of nitrogens with zero attached hydrogens (tertiary/aromatic N) is 1. The fourth-order valence-corrected chi connectivity index (χ4v) is 5.25. The first-order valence-corrected chi connectivity index (χ1v) is 13.4. The second kappa shape index (κ2) is 12.3. The van der Waals surface area contributed by atoms with E-state index < -0.39 is 11.9 Å². The number of hydrogen-bond donors (Lipinski definition) is 2. The molecule has 0 saturated carbocycles. The van der Waals surface area contributed by atoms with Crippen molar-refractivity contribution in [3.8, 4) is 6.07 Å². The number of thioether (sulfide) groups is 1. The number of hydrogen-bond acceptors (Lipinski definition) is 7. The van der Waals surface area contributed by atoms with E-state index in [4.69, 9.17) is 9.15 Å². The highest BCUT2D eigenvalue weighted by Crippen LogP contribution is 2.43. The molecule has 4 rings (SSSR count). The van der Waals surface area contributed by atoms with Crippen molar-refractivity contribution < 1.29 is 18.7 Å². The number of carbonyl (C=O) groups excluding carboxylic acids is 2. The summed E-state index contributed by atoms with van der Waals surface area (Å²) in [7, 11) is 0. The van der Waals surface area contributed by atoms with Gasteiger partial charge in [-0.1, -0.05) is 67.2 Å². The zero-order valence-corrected chi connectivity index (χ0v) is 22.4. The first-order chi connectivity index (χ1) is 18.5. The van der Waals surface area contributed by atoms with E-state index in [-0.39, 0.29) is 29.4 Å². The van der Waals surface area contributed by atoms with E-state index >= 15 is 0 Å². The number of allylic oxidation sites excluding steroid dienone is 1. The molecule has 1 aliphatic rings. The monoisotopic (exact) mass is 527 g/mol. The third-order valence-corrected chi connectivity index (χ3v) is 7.20. The quantitative estimate of drug-likeness (QED) is 0.333. The van der Waals surface area contributed by atoms with Crippen LogP contribution < -0.4 is 10.6 Å². The SMILES string of the molecule is CCOC(=O)C1=C(c2ccccc2)NC(SCC(=O)Nc2c(C)cccc2CC)=C(C#N)C1c1ccco1. The predicted octanol–water partition coefficient (Wildman–Crippen LogP) is 5.92. The Morgan fingerprint density at radius 2 is 1.89 bits per heavy atom. The molecule has 0 aliphatic carbocycles. The zero-order valence-electron chi connectivity index (χ0n) is 21.5. The molecule has 0 fully saturated rings. The van der Waals surface area contributed by atoms with Gasteiger partial charge in [-0.25, -0.2) is 4.79 Å². The highest BCUT2D eigenvalue weighted by atomic mass is 32.2. The fraction of sp³-hybridized carbons (Fsp3) is 0.233. The van der Waals surface area contributed by atoms with Gasteiger partial charge in [0.25, 0.3) is 0 Å². The lowest BCUT2D eigenvalue weighted by Gasteiger charge is -2.29. The number of dihydropyridines is 1. The Hall–Kier alpha value is -4.22. The van der Waals surface area contributed by atoms with Gasteiger partial charge in [0.15, 0.2) is 0 Å². The zero-order chi connectivity index (χ0) is 27.1. The van der Waals surface area contributed by atoms with E-state index in [0.717, 1.165) is 28.8 Å². The van der Waals surface area contributed by atoms with E-state index in [1.165, 1.54) is 18.0 Å². The minimum atomic E-state index is -0.792. The van der Waals surface area contributed by atoms with Crippen LogP contribution in [0.15, 0.2) is 87.5 Å². The van der Waals surface area contributed by atoms with Crippen molar-refractivity contribution in [2.45, 2.75) is 33.1 Å². The van der Waals surface area contributed by atoms with Crippen LogP contribution in [0, 0.1) is 18.3 Å². The second-order valence-corrected chi connectivity index (χ2v) is 9.59. The van der Waals surface area contributed by atoms with Gasteiger partial charge in [0.05, 0.1) is 52.5 Å². The summed E-state index contributed by atoms with van der Waals surface area (Å²) in [6.45, 7) is 5.92. The number of amides is 1. The molecule has 0 radical (unpaired) electrons. The number of nitrogens with one attached hydrogen (secondary N) is 2. The van der Waals surface area contributed by atoms with Crippen LogP contribution in [0.5, 0.6) is 0 Å². The average molecular weight is 528 g/mol. The molecule has 0 spiro atoms. The molecule has 7 nitrogen and oxygen atoms in total. The van der Waals surface area contributed by atoms with Crippen LogP contribution in [0.2, 0.25) is 0 Å². The van der Waals surface area contributed by atoms with E-state index in [9.17, 15) is 14.9 Å². The van der Waals surface area contributed by atoms with Gasteiger partial charge in [-0.3, -0.25) is 4.79 Å². The average Bonchev–Trinajstić information content (AvgIpc) is 3.47. The van der Waals surface area contributed by atoms with Crippen molar-refractivity contribution in [2.24, 2.45) is 0 Å². The minimum Gasteiger partial charge on any atom is -0.468 e. The maximum Gasteiger partial charge on any atom is 0.337 e. The lowest BCUT2D eigenvalue weighted by Crippen LogP contribution is -2.29. The van der Waals surface area contributed by atoms with Crippen molar-refractivity contribution in [1.82, 2.24) is 5.32 Å². The smallest absolute Gasteiger partial charge is 0.337 e. The summed E-state index contributed by atoms with van der Waals surface area (Å²) < 4.78 is 11.1. The number of benzene rings is 2. The number of nitriles is 1. The molecule has 38 heavy (non-hydrogen) atoms. The van der Waals surface area contributed by atoms with E-state index in [1.54, 1.807) is 19.1 Å². The van der Waals surface area contributed by atoms with Gasteiger partial charge in [0.1, 0.15) is 5.76 Å². The molecule has 1 aromatic heterocycles. The molecule has 2 N–H and O–H groups in total. The predicted molar refractivity (Wildman–Crippen MR) is 149 cm³/mol. The van der Waals surface area contributed by atoms with Crippen LogP contribution in [0.3, 0.4) is 0 Å². The highest BCUT2D eigenvalue weighted by Gasteiger charge is 2.39. The summed E-state index contributed by atoms with van der Waals surface area (Å²) in [6, 6.07) is 21.0. The molecule has 2 aromatic carbocycles. The summed E-state index contributed by atoms with van der Waals surface area (Å²) in [4.78, 5) is 26.3. The minimum absolute atomic E-state index is 0.0622. The van der Waals surface area contributed by atoms with E-state index in [1.807, 2.05) is 62.4 Å². The topological polar surface area (TPSA) is 104 Å². The molecule has 0 bridgehead atoms. The van der Waals surface area contributed by atoms with Crippen LogP contribution in [-0.2, 0) is 20.7 Å². The van der Waals surface area contributed by atoms with Gasteiger partial charge in [0.2, 0.25) is 5.91 Å². The maximum absolute atomic E-state index is 13.3. The Morgan fingerprint density at radius 1 is 1.11 bits per heavy atom. The number of carbonyl (C=O) groups is 2. The lowest BCUT2D eigenvalue weighted by molar-refractivity contribution is -0.138. The van der Waals surface area contributed by atoms with Gasteiger partial charge < -0.3 is 19.8 Å². The molecule has 1 aliphatic heterocycles. The normalized spacial score (nSPS) is 15.1. The summed E-state index contributed by atoms with van der Waals surface area (Å²) >= 11 is 1.21. The number of rotatable bonds is 9. The molecule has 0 saturated heterocycles. The number of esters is 1. The third kappa shape index (κ3) is 5.68. The van der Waals surface area contributed by atoms with Gasteiger partial charge in [-0.05, 0) is 49.1 Å². The van der Waals surface area contributed by atoms with Crippen molar-refractivity contribution in [3.63, 3.8) is 0 Å². The van der Waals surface area contributed by atoms with Crippen molar-refractivity contribution in [2.75, 3.05) is 17.7 Å². The van der Waals surface area contributed by atoms with E-state index in [2.05, 4.69) is 16.7 Å². The van der Waals surface area contributed by atoms with E-state index in [0.29, 0.717) is 16.5 Å². The molecule has 1 unspecified atom stereocenters. The first kappa shape index (κ1) is 26.8. The van der Waals surface area contributed by atoms with Crippen molar-refractivity contribution in [3.05, 3.63) is 106 Å². The molecule has 194 valence electrons. The molecular weight excluding hydrogens is 498 g/mol. The third-order valence-electron chi connectivity index (χ3n) is 6.19. The second-order valence-electron chi connectivity index (χ2n) is 8.60. The van der Waals surface area contributed by atoms with Crippen molar-refractivity contribution in [1.29, 1.82) is 5.26 Å². The van der Waals surface area contributed by atoms with Crippen LogP contribution in [0.25, 0.3) is 5.70 Å². The number of aryl methyl sites for hydroxylation is 2. The number of anilines is 1. The van der Waals surface area contributed by atoms with Crippen molar-refractivity contribution >= 4 is 35.0 Å². The summed E-state index contributed by atoms with van der Waals surface area (Å²) in [6.07, 6.45) is 2.30. The number of ether oxygens (including phenoxy) is 1.